The van der Waals surface area contributed by atoms with Crippen LogP contribution in [0.4, 0.5) is 0 Å². The average molecular weight is 677 g/mol. The quantitative estimate of drug-likeness (QED) is 0.195. The van der Waals surface area contributed by atoms with E-state index in [2.05, 4.69) is 173 Å². The maximum absolute atomic E-state index is 6.67. The SMILES string of the molecule is c1ccc(-c2ccc3sc4c(ccc5c6cc(C7[N-]C(n8c9ccccc9c9ccccc98)[NH2+]C(c8ccccc8)N7)ccc6oc54)c3c2)cc1. The Bertz CT molecular complexity index is 2870. The molecule has 7 aromatic carbocycles. The zero-order valence-corrected chi connectivity index (χ0v) is 28.3. The Labute approximate surface area is 297 Å². The maximum atomic E-state index is 6.67. The summed E-state index contributed by atoms with van der Waals surface area (Å²) in [5.74, 6) is 0. The smallest absolute Gasteiger partial charge is 0.165 e. The van der Waals surface area contributed by atoms with E-state index in [0.717, 1.165) is 27.5 Å². The summed E-state index contributed by atoms with van der Waals surface area (Å²) in [5.41, 5.74) is 9.02. The normalized spacial score (nSPS) is 18.2. The first-order chi connectivity index (χ1) is 25.3. The minimum Gasteiger partial charge on any atom is -0.571 e. The number of nitrogens with two attached hydrogens (primary N) is 1. The van der Waals surface area contributed by atoms with E-state index in [9.17, 15) is 0 Å². The molecule has 5 nitrogen and oxygen atoms in total. The minimum absolute atomic E-state index is 0.00867. The van der Waals surface area contributed by atoms with Gasteiger partial charge in [0.15, 0.2) is 11.7 Å². The fourth-order valence-corrected chi connectivity index (χ4v) is 9.32. The van der Waals surface area contributed by atoms with Gasteiger partial charge in [0.2, 0.25) is 0 Å². The van der Waals surface area contributed by atoms with Gasteiger partial charge in [0, 0.05) is 42.6 Å². The molecular weight excluding hydrogens is 645 g/mol. The van der Waals surface area contributed by atoms with Gasteiger partial charge < -0.3 is 19.6 Å². The Morgan fingerprint density at radius 2 is 1.27 bits per heavy atom. The number of benzene rings is 7. The Morgan fingerprint density at radius 3 is 2.06 bits per heavy atom. The third-order valence-corrected chi connectivity index (χ3v) is 11.8. The van der Waals surface area contributed by atoms with Gasteiger partial charge in [-0.05, 0) is 59.8 Å². The molecule has 1 saturated heterocycles. The molecule has 10 aromatic rings. The summed E-state index contributed by atoms with van der Waals surface area (Å²) in [6.07, 6.45) is -0.402. The van der Waals surface area contributed by atoms with Crippen molar-refractivity contribution < 1.29 is 9.73 Å². The first-order valence-electron chi connectivity index (χ1n) is 17.5. The fourth-order valence-electron chi connectivity index (χ4n) is 8.15. The van der Waals surface area contributed by atoms with Crippen molar-refractivity contribution >= 4 is 75.3 Å². The molecule has 6 heteroatoms. The first-order valence-corrected chi connectivity index (χ1v) is 18.3. The highest BCUT2D eigenvalue weighted by atomic mass is 32.1. The lowest BCUT2D eigenvalue weighted by Crippen LogP contribution is -2.92. The van der Waals surface area contributed by atoms with Crippen molar-refractivity contribution in [2.45, 2.75) is 18.6 Å². The topological polar surface area (TPSA) is 60.8 Å². The standard InChI is InChI=1S/C45H31N4OS/c1-3-11-27(12-4-1)29-20-24-40-36(25-29)34-22-21-33-35-26-30(19-23-39(35)50-41(33)42(34)51-40)44-46-43(28-13-5-2-6-14-28)47-45(48-44)49-37-17-9-7-15-31(37)32-16-8-10-18-38(32)49/h1-26,43-47H/q-1/p+1. The second kappa shape index (κ2) is 11.4. The molecule has 1 aliphatic heterocycles. The Hall–Kier alpha value is -5.76. The third-order valence-electron chi connectivity index (χ3n) is 10.6. The monoisotopic (exact) mass is 676 g/mol. The molecule has 3 atom stereocenters. The first kappa shape index (κ1) is 29.0. The molecule has 1 aliphatic rings. The number of thiophene rings is 1. The van der Waals surface area contributed by atoms with Crippen LogP contribution in [0, 0.1) is 0 Å². The van der Waals surface area contributed by atoms with Crippen LogP contribution in [0.3, 0.4) is 0 Å². The molecule has 3 N–H and O–H groups in total. The van der Waals surface area contributed by atoms with Crippen LogP contribution in [-0.4, -0.2) is 4.57 Å². The number of rotatable bonds is 4. The second-order valence-electron chi connectivity index (χ2n) is 13.5. The van der Waals surface area contributed by atoms with E-state index in [1.165, 1.54) is 58.7 Å². The van der Waals surface area contributed by atoms with Gasteiger partial charge in [0.25, 0.3) is 0 Å². The van der Waals surface area contributed by atoms with Crippen molar-refractivity contribution in [3.8, 4) is 11.1 Å². The molecule has 51 heavy (non-hydrogen) atoms. The number of aromatic nitrogens is 1. The molecule has 0 radical (unpaired) electrons. The Kier molecular flexibility index (Phi) is 6.48. The molecule has 4 heterocycles. The molecule has 1 fully saturated rings. The third kappa shape index (κ3) is 4.58. The Balaban J connectivity index is 1.03. The number of para-hydroxylation sites is 2. The fraction of sp³-hybridized carbons (Fsp3) is 0.0667. The summed E-state index contributed by atoms with van der Waals surface area (Å²) in [6, 6.07) is 56.5. The highest BCUT2D eigenvalue weighted by molar-refractivity contribution is 7.26. The lowest BCUT2D eigenvalue weighted by molar-refractivity contribution is -0.752. The Morgan fingerprint density at radius 1 is 0.569 bits per heavy atom. The maximum Gasteiger partial charge on any atom is 0.165 e. The summed E-state index contributed by atoms with van der Waals surface area (Å²) in [5, 5.41) is 19.0. The predicted octanol–water partition coefficient (Wildman–Crippen LogP) is 11.1. The number of hydrogen-bond acceptors (Lipinski definition) is 3. The van der Waals surface area contributed by atoms with Crippen molar-refractivity contribution in [2.24, 2.45) is 0 Å². The lowest BCUT2D eigenvalue weighted by atomic mass is 10.0. The number of hydrogen-bond donors (Lipinski definition) is 2. The van der Waals surface area contributed by atoms with E-state index in [4.69, 9.17) is 9.73 Å². The molecule has 0 amide bonds. The molecule has 0 aliphatic carbocycles. The van der Waals surface area contributed by atoms with E-state index in [1.54, 1.807) is 0 Å². The van der Waals surface area contributed by atoms with Gasteiger partial charge in [-0.3, -0.25) is 5.32 Å². The molecule has 3 aromatic heterocycles. The van der Waals surface area contributed by atoms with Crippen molar-refractivity contribution in [1.29, 1.82) is 0 Å². The summed E-state index contributed by atoms with van der Waals surface area (Å²) < 4.78 is 11.5. The van der Waals surface area contributed by atoms with E-state index in [-0.39, 0.29) is 18.6 Å². The summed E-state index contributed by atoms with van der Waals surface area (Å²) in [7, 11) is 0. The van der Waals surface area contributed by atoms with Gasteiger partial charge in [-0.2, -0.15) is 0 Å². The second-order valence-corrected chi connectivity index (χ2v) is 14.5. The van der Waals surface area contributed by atoms with Crippen LogP contribution in [0.5, 0.6) is 0 Å². The van der Waals surface area contributed by atoms with Crippen LogP contribution in [0.1, 0.15) is 29.7 Å². The van der Waals surface area contributed by atoms with E-state index in [1.807, 2.05) is 11.3 Å². The highest BCUT2D eigenvalue weighted by Crippen LogP contribution is 2.44. The van der Waals surface area contributed by atoms with Gasteiger partial charge in [0.05, 0.1) is 22.0 Å². The largest absolute Gasteiger partial charge is 0.571 e. The van der Waals surface area contributed by atoms with Crippen molar-refractivity contribution in [2.75, 3.05) is 0 Å². The van der Waals surface area contributed by atoms with Gasteiger partial charge in [-0.1, -0.05) is 121 Å². The molecule has 0 bridgehead atoms. The van der Waals surface area contributed by atoms with Gasteiger partial charge in [-0.15, -0.1) is 11.3 Å². The predicted molar refractivity (Wildman–Crippen MR) is 211 cm³/mol. The summed E-state index contributed by atoms with van der Waals surface area (Å²) in [4.78, 5) is 0. The van der Waals surface area contributed by atoms with Crippen LogP contribution < -0.4 is 10.6 Å². The zero-order chi connectivity index (χ0) is 33.5. The highest BCUT2D eigenvalue weighted by Gasteiger charge is 2.28. The van der Waals surface area contributed by atoms with Crippen molar-refractivity contribution in [1.82, 2.24) is 9.88 Å². The minimum atomic E-state index is -0.232. The number of nitrogens with zero attached hydrogens (tertiary/aromatic N) is 2. The molecule has 0 saturated carbocycles. The van der Waals surface area contributed by atoms with E-state index >= 15 is 0 Å². The van der Waals surface area contributed by atoms with Crippen LogP contribution >= 0.6 is 11.3 Å². The number of furan rings is 1. The van der Waals surface area contributed by atoms with Crippen LogP contribution in [0.15, 0.2) is 162 Å². The number of fused-ring (bicyclic) bond motifs is 10. The van der Waals surface area contributed by atoms with Gasteiger partial charge >= 0.3 is 0 Å². The molecule has 0 spiro atoms. The average Bonchev–Trinajstić information content (AvgIpc) is 3.87. The lowest BCUT2D eigenvalue weighted by Gasteiger charge is -2.47. The molecule has 11 rings (SSSR count). The van der Waals surface area contributed by atoms with Gasteiger partial charge in [0.1, 0.15) is 5.58 Å². The van der Waals surface area contributed by atoms with Crippen LogP contribution in [-0.2, 0) is 0 Å². The molecule has 3 unspecified atom stereocenters. The van der Waals surface area contributed by atoms with Crippen molar-refractivity contribution in [3.05, 3.63) is 174 Å². The van der Waals surface area contributed by atoms with E-state index in [0.29, 0.717) is 0 Å². The van der Waals surface area contributed by atoms with E-state index < -0.39 is 0 Å². The molecule has 244 valence electrons. The zero-order valence-electron chi connectivity index (χ0n) is 27.5. The number of quaternary nitrogens is 1. The van der Waals surface area contributed by atoms with Crippen molar-refractivity contribution in [3.63, 3.8) is 0 Å². The summed E-state index contributed by atoms with van der Waals surface area (Å²) in [6.45, 7) is 0. The van der Waals surface area contributed by atoms with Crippen LogP contribution in [0.25, 0.3) is 80.4 Å². The number of nitrogens with one attached hydrogen (secondary N) is 1. The summed E-state index contributed by atoms with van der Waals surface area (Å²) >= 11 is 1.81. The molecular formula is C45H32N4OS. The van der Waals surface area contributed by atoms with Crippen LogP contribution in [0.2, 0.25) is 0 Å². The van der Waals surface area contributed by atoms with Gasteiger partial charge in [-0.25, -0.2) is 0 Å².